The molecule has 0 atom stereocenters. The Morgan fingerprint density at radius 1 is 1.15 bits per heavy atom. The number of thioether (sulfide) groups is 1. The molecule has 0 spiro atoms. The van der Waals surface area contributed by atoms with Gasteiger partial charge >= 0.3 is 0 Å². The van der Waals surface area contributed by atoms with Crippen molar-refractivity contribution in [3.63, 3.8) is 0 Å². The molecule has 3 rings (SSSR count). The molecule has 0 unspecified atom stereocenters. The van der Waals surface area contributed by atoms with Gasteiger partial charge in [0.2, 0.25) is 5.91 Å². The van der Waals surface area contributed by atoms with Gasteiger partial charge in [0.25, 0.3) is 0 Å². The summed E-state index contributed by atoms with van der Waals surface area (Å²) in [4.78, 5) is 13.6. The van der Waals surface area contributed by atoms with Crippen LogP contribution >= 0.6 is 23.1 Å². The molecule has 27 heavy (non-hydrogen) atoms. The van der Waals surface area contributed by atoms with E-state index >= 15 is 0 Å². The molecule has 0 saturated heterocycles. The van der Waals surface area contributed by atoms with Gasteiger partial charge in [0, 0.05) is 28.1 Å². The average Bonchev–Trinajstić information content (AvgIpc) is 3.18. The van der Waals surface area contributed by atoms with Crippen LogP contribution in [-0.2, 0) is 11.3 Å². The molecule has 2 aromatic heterocycles. The van der Waals surface area contributed by atoms with Crippen molar-refractivity contribution in [2.24, 2.45) is 0 Å². The molecule has 0 radical (unpaired) electrons. The van der Waals surface area contributed by atoms with Crippen molar-refractivity contribution in [3.8, 4) is 11.4 Å². The smallest absolute Gasteiger partial charge is 0.234 e. The Labute approximate surface area is 168 Å². The normalized spacial score (nSPS) is 11.0. The van der Waals surface area contributed by atoms with Gasteiger partial charge in [0.15, 0.2) is 11.0 Å². The standard InChI is InChI=1S/C20H24N4OS2/c1-5-6-24-19(16-10-15(4)26-11-16)22-23-20(24)27-12-18(25)21-17-8-13(2)7-14(3)9-17/h7-11H,5-6,12H2,1-4H3,(H,21,25). The highest BCUT2D eigenvalue weighted by atomic mass is 32.2. The lowest BCUT2D eigenvalue weighted by atomic mass is 10.1. The number of aryl methyl sites for hydroxylation is 3. The summed E-state index contributed by atoms with van der Waals surface area (Å²) in [5.74, 6) is 1.14. The molecule has 0 aliphatic heterocycles. The Balaban J connectivity index is 1.70. The van der Waals surface area contributed by atoms with Crippen molar-refractivity contribution in [2.75, 3.05) is 11.1 Å². The van der Waals surface area contributed by atoms with Crippen LogP contribution in [0.1, 0.15) is 29.3 Å². The minimum Gasteiger partial charge on any atom is -0.325 e. The lowest BCUT2D eigenvalue weighted by molar-refractivity contribution is -0.113. The summed E-state index contributed by atoms with van der Waals surface area (Å²) in [6.07, 6.45) is 0.983. The maximum absolute atomic E-state index is 12.4. The summed E-state index contributed by atoms with van der Waals surface area (Å²) in [7, 11) is 0. The molecule has 3 aromatic rings. The van der Waals surface area contributed by atoms with Crippen LogP contribution in [0.5, 0.6) is 0 Å². The predicted molar refractivity (Wildman–Crippen MR) is 114 cm³/mol. The number of aromatic nitrogens is 3. The van der Waals surface area contributed by atoms with Gasteiger partial charge in [0.05, 0.1) is 5.75 Å². The molecule has 2 heterocycles. The van der Waals surface area contributed by atoms with Crippen LogP contribution in [0.15, 0.2) is 34.8 Å². The van der Waals surface area contributed by atoms with Gasteiger partial charge in [-0.1, -0.05) is 24.8 Å². The average molecular weight is 401 g/mol. The largest absolute Gasteiger partial charge is 0.325 e. The number of thiophene rings is 1. The second-order valence-electron chi connectivity index (χ2n) is 6.62. The maximum Gasteiger partial charge on any atom is 0.234 e. The van der Waals surface area contributed by atoms with Crippen molar-refractivity contribution < 1.29 is 4.79 Å². The SMILES string of the molecule is CCCn1c(SCC(=O)Nc2cc(C)cc(C)c2)nnc1-c1csc(C)c1. The van der Waals surface area contributed by atoms with Crippen LogP contribution in [0.4, 0.5) is 5.69 Å². The fourth-order valence-corrected chi connectivity index (χ4v) is 4.41. The van der Waals surface area contributed by atoms with E-state index in [-0.39, 0.29) is 5.91 Å². The fourth-order valence-electron chi connectivity index (χ4n) is 2.97. The number of rotatable bonds is 7. The minimum atomic E-state index is -0.0380. The molecule has 0 bridgehead atoms. The summed E-state index contributed by atoms with van der Waals surface area (Å²) in [5.41, 5.74) is 4.19. The highest BCUT2D eigenvalue weighted by Crippen LogP contribution is 2.28. The lowest BCUT2D eigenvalue weighted by Crippen LogP contribution is -2.15. The molecule has 5 nitrogen and oxygen atoms in total. The number of nitrogens with zero attached hydrogens (tertiary/aromatic N) is 3. The molecule has 1 amide bonds. The first-order valence-electron chi connectivity index (χ1n) is 8.96. The minimum absolute atomic E-state index is 0.0380. The first-order chi connectivity index (χ1) is 13.0. The number of anilines is 1. The van der Waals surface area contributed by atoms with Crippen molar-refractivity contribution in [2.45, 2.75) is 45.8 Å². The van der Waals surface area contributed by atoms with Crippen LogP contribution in [0.3, 0.4) is 0 Å². The molecular formula is C20H24N4OS2. The monoisotopic (exact) mass is 400 g/mol. The number of hydrogen-bond acceptors (Lipinski definition) is 5. The second-order valence-corrected chi connectivity index (χ2v) is 8.67. The topological polar surface area (TPSA) is 59.8 Å². The second kappa shape index (κ2) is 8.71. The molecule has 7 heteroatoms. The Morgan fingerprint density at radius 2 is 1.89 bits per heavy atom. The van der Waals surface area contributed by atoms with Crippen molar-refractivity contribution >= 4 is 34.7 Å². The number of carbonyl (C=O) groups excluding carboxylic acids is 1. The Morgan fingerprint density at radius 3 is 2.52 bits per heavy atom. The molecule has 0 aliphatic carbocycles. The van der Waals surface area contributed by atoms with Crippen LogP contribution in [0.2, 0.25) is 0 Å². The van der Waals surface area contributed by atoms with Gasteiger partial charge in [-0.25, -0.2) is 0 Å². The van der Waals surface area contributed by atoms with Crippen molar-refractivity contribution in [3.05, 3.63) is 45.6 Å². The van der Waals surface area contributed by atoms with Gasteiger partial charge in [-0.3, -0.25) is 4.79 Å². The first-order valence-corrected chi connectivity index (χ1v) is 10.8. The van der Waals surface area contributed by atoms with Crippen molar-refractivity contribution in [1.29, 1.82) is 0 Å². The van der Waals surface area contributed by atoms with E-state index in [2.05, 4.69) is 51.4 Å². The highest BCUT2D eigenvalue weighted by Gasteiger charge is 2.16. The Bertz CT molecular complexity index is 925. The van der Waals surface area contributed by atoms with E-state index in [9.17, 15) is 4.79 Å². The van der Waals surface area contributed by atoms with Crippen LogP contribution < -0.4 is 5.32 Å². The van der Waals surface area contributed by atoms with E-state index in [1.807, 2.05) is 26.0 Å². The van der Waals surface area contributed by atoms with E-state index in [4.69, 9.17) is 0 Å². The Kier molecular flexibility index (Phi) is 6.34. The summed E-state index contributed by atoms with van der Waals surface area (Å²) in [5, 5.41) is 14.6. The van der Waals surface area contributed by atoms with Crippen LogP contribution in [-0.4, -0.2) is 26.4 Å². The van der Waals surface area contributed by atoms with Crippen LogP contribution in [0.25, 0.3) is 11.4 Å². The first kappa shape index (κ1) is 19.6. The maximum atomic E-state index is 12.4. The van der Waals surface area contributed by atoms with Gasteiger partial charge < -0.3 is 9.88 Å². The number of nitrogens with one attached hydrogen (secondary N) is 1. The van der Waals surface area contributed by atoms with Gasteiger partial charge in [-0.15, -0.1) is 21.5 Å². The van der Waals surface area contributed by atoms with Gasteiger partial charge in [0.1, 0.15) is 0 Å². The predicted octanol–water partition coefficient (Wildman–Crippen LogP) is 5.07. The number of carbonyl (C=O) groups is 1. The van der Waals surface area contributed by atoms with E-state index < -0.39 is 0 Å². The van der Waals surface area contributed by atoms with Crippen LogP contribution in [0, 0.1) is 20.8 Å². The molecule has 0 aliphatic rings. The molecular weight excluding hydrogens is 376 g/mol. The number of benzene rings is 1. The molecule has 0 saturated carbocycles. The Hall–Kier alpha value is -2.12. The third-order valence-corrected chi connectivity index (χ3v) is 5.82. The zero-order valence-corrected chi connectivity index (χ0v) is 17.7. The zero-order chi connectivity index (χ0) is 19.4. The number of hydrogen-bond donors (Lipinski definition) is 1. The summed E-state index contributed by atoms with van der Waals surface area (Å²) in [6, 6.07) is 8.17. The van der Waals surface area contributed by atoms with E-state index in [0.717, 1.165) is 46.3 Å². The van der Waals surface area contributed by atoms with E-state index in [1.54, 1.807) is 11.3 Å². The molecule has 0 fully saturated rings. The zero-order valence-electron chi connectivity index (χ0n) is 16.1. The van der Waals surface area contributed by atoms with Gasteiger partial charge in [-0.05, 0) is 56.5 Å². The highest BCUT2D eigenvalue weighted by molar-refractivity contribution is 7.99. The molecule has 142 valence electrons. The van der Waals surface area contributed by atoms with Crippen molar-refractivity contribution in [1.82, 2.24) is 14.8 Å². The number of amides is 1. The summed E-state index contributed by atoms with van der Waals surface area (Å²) in [6.45, 7) is 9.10. The molecule has 1 N–H and O–H groups in total. The fraction of sp³-hybridized carbons (Fsp3) is 0.350. The summed E-state index contributed by atoms with van der Waals surface area (Å²) < 4.78 is 2.11. The lowest BCUT2D eigenvalue weighted by Gasteiger charge is -2.09. The van der Waals surface area contributed by atoms with E-state index in [1.165, 1.54) is 16.6 Å². The summed E-state index contributed by atoms with van der Waals surface area (Å²) >= 11 is 3.13. The van der Waals surface area contributed by atoms with Gasteiger partial charge in [-0.2, -0.15) is 0 Å². The quantitative estimate of drug-likeness (QED) is 0.562. The molecule has 1 aromatic carbocycles. The third-order valence-electron chi connectivity index (χ3n) is 3.99. The van der Waals surface area contributed by atoms with E-state index in [0.29, 0.717) is 5.75 Å². The third kappa shape index (κ3) is 4.99.